The molecule has 5 nitrogen and oxygen atoms in total. The molecule has 0 heterocycles. The van der Waals surface area contributed by atoms with E-state index in [-0.39, 0.29) is 12.5 Å². The summed E-state index contributed by atoms with van der Waals surface area (Å²) in [6.07, 6.45) is -0.139. The van der Waals surface area contributed by atoms with E-state index >= 15 is 0 Å². The topological polar surface area (TPSA) is 101 Å². The van der Waals surface area contributed by atoms with Gasteiger partial charge in [-0.25, -0.2) is 0 Å². The highest BCUT2D eigenvalue weighted by Crippen LogP contribution is 1.92. The first-order valence-electron chi connectivity index (χ1n) is 2.74. The summed E-state index contributed by atoms with van der Waals surface area (Å²) in [4.78, 5) is 20.0. The van der Waals surface area contributed by atoms with E-state index in [0.717, 1.165) is 0 Å². The molecule has 4 N–H and O–H groups in total. The second-order valence-corrected chi connectivity index (χ2v) is 4.16. The molecule has 10 heavy (non-hydrogen) atoms. The smallest absolute Gasteiger partial charge is 0.303 e. The first kappa shape index (κ1) is 9.12. The Balaban J connectivity index is 3.49. The van der Waals surface area contributed by atoms with Crippen molar-refractivity contribution < 1.29 is 19.8 Å². The molecule has 58 valence electrons. The Morgan fingerprint density at radius 3 is 2.20 bits per heavy atom. The Morgan fingerprint density at radius 1 is 1.40 bits per heavy atom. The van der Waals surface area contributed by atoms with Gasteiger partial charge in [0, 0.05) is 6.42 Å². The van der Waals surface area contributed by atoms with Gasteiger partial charge in [-0.05, 0) is 6.04 Å². The van der Waals surface area contributed by atoms with E-state index < -0.39 is 20.5 Å². The average molecular weight is 163 g/mol. The van der Waals surface area contributed by atoms with E-state index in [4.69, 9.17) is 15.6 Å². The van der Waals surface area contributed by atoms with Gasteiger partial charge in [0.05, 0.1) is 0 Å². The number of nitrogens with two attached hydrogens (primary N) is 1. The van der Waals surface area contributed by atoms with Crippen LogP contribution in [0, 0.1) is 0 Å². The van der Waals surface area contributed by atoms with Crippen LogP contribution < -0.4 is 5.40 Å². The molecule has 0 aromatic heterocycles. The third-order valence-electron chi connectivity index (χ3n) is 0.986. The molecule has 0 unspecified atom stereocenters. The number of rotatable bonds is 4. The molecular weight excluding hydrogens is 154 g/mol. The normalized spacial score (nSPS) is 12.5. The minimum Gasteiger partial charge on any atom is -0.485 e. The zero-order valence-electron chi connectivity index (χ0n) is 5.28. The van der Waals surface area contributed by atoms with Crippen molar-refractivity contribution in [2.24, 2.45) is 5.40 Å². The highest BCUT2D eigenvalue weighted by atomic mass is 28.3. The second-order valence-electron chi connectivity index (χ2n) is 1.88. The van der Waals surface area contributed by atoms with Crippen molar-refractivity contribution in [2.45, 2.75) is 12.5 Å². The van der Waals surface area contributed by atoms with Crippen molar-refractivity contribution in [2.75, 3.05) is 0 Å². The maximum Gasteiger partial charge on any atom is 0.303 e. The number of hydrogen-bond acceptors (Lipinski definition) is 3. The van der Waals surface area contributed by atoms with Crippen molar-refractivity contribution >= 4 is 20.5 Å². The summed E-state index contributed by atoms with van der Waals surface area (Å²) in [5.41, 5.74) is -1.03. The lowest BCUT2D eigenvalue weighted by Gasteiger charge is -1.98. The number of aliphatic carboxylic acids is 1. The minimum absolute atomic E-state index is 0.116. The highest BCUT2D eigenvalue weighted by molar-refractivity contribution is 6.85. The van der Waals surface area contributed by atoms with Crippen molar-refractivity contribution in [1.82, 2.24) is 0 Å². The van der Waals surface area contributed by atoms with Crippen LogP contribution in [0.4, 0.5) is 4.79 Å². The third kappa shape index (κ3) is 4.04. The van der Waals surface area contributed by atoms with Crippen molar-refractivity contribution in [3.05, 3.63) is 0 Å². The summed E-state index contributed by atoms with van der Waals surface area (Å²) in [5, 5.41) is 21.5. The Hall–Kier alpha value is -0.883. The Morgan fingerprint density at radius 2 is 1.90 bits per heavy atom. The third-order valence-corrected chi connectivity index (χ3v) is 2.53. The van der Waals surface area contributed by atoms with Gasteiger partial charge in [-0.15, -0.1) is 0 Å². The molecule has 0 spiro atoms. The van der Waals surface area contributed by atoms with E-state index in [1.807, 2.05) is 0 Å². The standard InChI is InChI=1S/C4H9NO4Si/c5-10(4(8)9)2-1-3(6)7/h10H,1-2,5H2,(H,6,7)(H,8,9)/t10-/m0/s1. The van der Waals surface area contributed by atoms with Gasteiger partial charge in [0.25, 0.3) is 5.59 Å². The maximum absolute atomic E-state index is 10.1. The van der Waals surface area contributed by atoms with Crippen LogP contribution in [-0.2, 0) is 4.79 Å². The Labute approximate surface area is 59.1 Å². The monoisotopic (exact) mass is 163 g/mol. The van der Waals surface area contributed by atoms with Gasteiger partial charge >= 0.3 is 5.97 Å². The molecule has 0 rings (SSSR count). The Bertz CT molecular complexity index is 148. The van der Waals surface area contributed by atoms with E-state index in [9.17, 15) is 9.59 Å². The molecule has 0 aliphatic carbocycles. The van der Waals surface area contributed by atoms with E-state index in [2.05, 4.69) is 0 Å². The molecule has 0 aromatic rings. The van der Waals surface area contributed by atoms with E-state index in [1.54, 1.807) is 0 Å². The molecule has 0 aliphatic rings. The van der Waals surface area contributed by atoms with E-state index in [0.29, 0.717) is 0 Å². The number of hydrogen-bond donors (Lipinski definition) is 3. The van der Waals surface area contributed by atoms with Gasteiger partial charge in [-0.3, -0.25) is 9.59 Å². The predicted octanol–water partition coefficient (Wildman–Crippen LogP) is -0.597. The zero-order valence-corrected chi connectivity index (χ0v) is 6.43. The quantitative estimate of drug-likeness (QED) is 0.480. The van der Waals surface area contributed by atoms with Gasteiger partial charge in [-0.2, -0.15) is 0 Å². The molecular formula is C4H9NO4Si. The van der Waals surface area contributed by atoms with Crippen molar-refractivity contribution in [3.63, 3.8) is 0 Å². The van der Waals surface area contributed by atoms with Gasteiger partial charge in [-0.1, -0.05) is 0 Å². The molecule has 0 aliphatic heterocycles. The molecule has 0 saturated carbocycles. The highest BCUT2D eigenvalue weighted by Gasteiger charge is 2.15. The molecule has 0 bridgehead atoms. The zero-order chi connectivity index (χ0) is 8.15. The molecule has 0 amide bonds. The number of carboxylic acids is 1. The molecule has 6 heteroatoms. The van der Waals surface area contributed by atoms with Crippen LogP contribution in [0.2, 0.25) is 6.04 Å². The lowest BCUT2D eigenvalue weighted by Crippen LogP contribution is -2.35. The Kier molecular flexibility index (Phi) is 3.66. The molecule has 0 aromatic carbocycles. The van der Waals surface area contributed by atoms with Crippen LogP contribution in [-0.4, -0.2) is 30.7 Å². The van der Waals surface area contributed by atoms with Crippen LogP contribution in [0.3, 0.4) is 0 Å². The van der Waals surface area contributed by atoms with Crippen LogP contribution in [0.5, 0.6) is 0 Å². The largest absolute Gasteiger partial charge is 0.485 e. The van der Waals surface area contributed by atoms with Crippen LogP contribution in [0.25, 0.3) is 0 Å². The molecule has 0 fully saturated rings. The lowest BCUT2D eigenvalue weighted by atomic mass is 10.5. The maximum atomic E-state index is 10.1. The average Bonchev–Trinajstić information content (AvgIpc) is 1.82. The fraction of sp³-hybridized carbons (Fsp3) is 0.500. The summed E-state index contributed by atoms with van der Waals surface area (Å²) >= 11 is 0. The van der Waals surface area contributed by atoms with Gasteiger partial charge < -0.3 is 15.6 Å². The van der Waals surface area contributed by atoms with Crippen molar-refractivity contribution in [1.29, 1.82) is 0 Å². The van der Waals surface area contributed by atoms with Gasteiger partial charge in [0.1, 0.15) is 0 Å². The molecule has 0 saturated heterocycles. The van der Waals surface area contributed by atoms with Gasteiger partial charge in [0.2, 0.25) is 8.96 Å². The molecule has 1 atom stereocenters. The summed E-state index contributed by atoms with van der Waals surface area (Å²) < 4.78 is 0. The SMILES string of the molecule is N[Si@@H](CCC(=O)O)C(=O)O. The van der Waals surface area contributed by atoms with Crippen LogP contribution in [0.1, 0.15) is 6.42 Å². The fourth-order valence-electron chi connectivity index (χ4n) is 0.402. The van der Waals surface area contributed by atoms with Crippen LogP contribution >= 0.6 is 0 Å². The predicted molar refractivity (Wildman–Crippen MR) is 36.4 cm³/mol. The minimum atomic E-state index is -2.30. The van der Waals surface area contributed by atoms with Crippen LogP contribution in [0.15, 0.2) is 0 Å². The van der Waals surface area contributed by atoms with Crippen molar-refractivity contribution in [3.8, 4) is 0 Å². The number of carbonyl (C=O) groups is 2. The molecule has 0 radical (unpaired) electrons. The first-order chi connectivity index (χ1) is 4.54. The lowest BCUT2D eigenvalue weighted by molar-refractivity contribution is -0.136. The van der Waals surface area contributed by atoms with Gasteiger partial charge in [0.15, 0.2) is 0 Å². The summed E-state index contributed by atoms with van der Waals surface area (Å²) in [7, 11) is -2.30. The second kappa shape index (κ2) is 4.02. The summed E-state index contributed by atoms with van der Waals surface area (Å²) in [6.45, 7) is 0. The summed E-state index contributed by atoms with van der Waals surface area (Å²) in [6, 6.07) is 0.116. The van der Waals surface area contributed by atoms with E-state index in [1.165, 1.54) is 0 Å². The fourth-order valence-corrected chi connectivity index (χ4v) is 1.21. The first-order valence-corrected chi connectivity index (χ1v) is 4.80. The number of carboxylic acid groups (broad SMARTS) is 2. The summed E-state index contributed by atoms with van der Waals surface area (Å²) in [5.74, 6) is -0.996.